The van der Waals surface area contributed by atoms with Gasteiger partial charge in [0.1, 0.15) is 0 Å². The molecule has 0 saturated heterocycles. The highest BCUT2D eigenvalue weighted by Crippen LogP contribution is 2.15. The summed E-state index contributed by atoms with van der Waals surface area (Å²) in [5, 5.41) is 3.39. The predicted molar refractivity (Wildman–Crippen MR) is 110 cm³/mol. The molecular weight excluding hydrogens is 401 g/mol. The number of halogens is 1. The number of unbranched alkanes of at least 4 members (excludes halogenated alkanes) is 1. The molecule has 5 heteroatoms. The summed E-state index contributed by atoms with van der Waals surface area (Å²) in [5.74, 6) is 0.963. The fourth-order valence-electron chi connectivity index (χ4n) is 2.24. The third-order valence-electron chi connectivity index (χ3n) is 3.66. The summed E-state index contributed by atoms with van der Waals surface area (Å²) in [6.45, 7) is 6.97. The molecule has 0 aliphatic rings. The summed E-state index contributed by atoms with van der Waals surface area (Å²) in [5.41, 5.74) is 1.23. The minimum absolute atomic E-state index is 0. The summed E-state index contributed by atoms with van der Waals surface area (Å²) in [4.78, 5) is 6.49. The quantitative estimate of drug-likeness (QED) is 0.276. The van der Waals surface area contributed by atoms with Crippen LogP contribution in [0, 0.1) is 0 Å². The van der Waals surface area contributed by atoms with Crippen LogP contribution in [-0.4, -0.2) is 44.7 Å². The van der Waals surface area contributed by atoms with Crippen molar-refractivity contribution in [3.63, 3.8) is 0 Å². The second kappa shape index (κ2) is 13.6. The van der Waals surface area contributed by atoms with E-state index in [9.17, 15) is 0 Å². The molecule has 0 aliphatic carbocycles. The van der Waals surface area contributed by atoms with E-state index in [0.29, 0.717) is 0 Å². The third kappa shape index (κ3) is 9.15. The average molecular weight is 433 g/mol. The van der Waals surface area contributed by atoms with E-state index in [1.54, 1.807) is 0 Å². The lowest BCUT2D eigenvalue weighted by atomic mass is 10.1. The zero-order valence-electron chi connectivity index (χ0n) is 14.9. The number of guanidine groups is 1. The second-order valence-corrected chi connectivity index (χ2v) is 5.53. The van der Waals surface area contributed by atoms with Crippen LogP contribution in [0.25, 0.3) is 0 Å². The number of hydrogen-bond acceptors (Lipinski definition) is 2. The minimum Gasteiger partial charge on any atom is -0.374 e. The van der Waals surface area contributed by atoms with Crippen LogP contribution in [0.5, 0.6) is 0 Å². The van der Waals surface area contributed by atoms with Gasteiger partial charge in [-0.25, -0.2) is 0 Å². The molecule has 1 N–H and O–H groups in total. The average Bonchev–Trinajstić information content (AvgIpc) is 2.56. The molecule has 1 aromatic carbocycles. The Morgan fingerprint density at radius 1 is 1.26 bits per heavy atom. The van der Waals surface area contributed by atoms with Crippen molar-refractivity contribution in [3.8, 4) is 0 Å². The van der Waals surface area contributed by atoms with Crippen LogP contribution in [0.4, 0.5) is 0 Å². The maximum absolute atomic E-state index is 5.88. The van der Waals surface area contributed by atoms with Crippen LogP contribution >= 0.6 is 24.0 Å². The minimum atomic E-state index is 0. The largest absolute Gasteiger partial charge is 0.374 e. The molecule has 0 aromatic heterocycles. The number of nitrogens with zero attached hydrogens (tertiary/aromatic N) is 2. The van der Waals surface area contributed by atoms with Crippen molar-refractivity contribution in [1.29, 1.82) is 0 Å². The molecule has 0 radical (unpaired) electrons. The van der Waals surface area contributed by atoms with E-state index >= 15 is 0 Å². The number of rotatable bonds is 9. The summed E-state index contributed by atoms with van der Waals surface area (Å²) < 4.78 is 5.88. The molecule has 0 amide bonds. The molecule has 1 rings (SSSR count). The Morgan fingerprint density at radius 3 is 2.57 bits per heavy atom. The lowest BCUT2D eigenvalue weighted by molar-refractivity contribution is 0.0645. The molecular formula is C18H32IN3O. The molecule has 0 saturated carbocycles. The van der Waals surface area contributed by atoms with Crippen molar-refractivity contribution in [2.75, 3.05) is 33.8 Å². The van der Waals surface area contributed by atoms with Crippen LogP contribution in [0.1, 0.15) is 44.8 Å². The van der Waals surface area contributed by atoms with Crippen molar-refractivity contribution < 1.29 is 4.74 Å². The molecule has 4 nitrogen and oxygen atoms in total. The summed E-state index contributed by atoms with van der Waals surface area (Å²) in [6.07, 6.45) is 3.51. The zero-order chi connectivity index (χ0) is 16.2. The standard InChI is InChI=1S/C18H31N3O.HI/c1-5-6-14-21(4)18(19-3)20-13-10-15-22-16(2)17-11-8-7-9-12-17;/h7-9,11-12,16H,5-6,10,13-15H2,1-4H3,(H,19,20);1H. The molecule has 1 atom stereocenters. The van der Waals surface area contributed by atoms with E-state index in [0.717, 1.165) is 32.1 Å². The highest BCUT2D eigenvalue weighted by atomic mass is 127. The molecule has 0 spiro atoms. The Kier molecular flexibility index (Phi) is 13.1. The number of hydrogen-bond donors (Lipinski definition) is 1. The smallest absolute Gasteiger partial charge is 0.193 e. The Hall–Kier alpha value is -0.820. The SMILES string of the molecule is CCCCN(C)C(=NC)NCCCOC(C)c1ccccc1.I. The van der Waals surface area contributed by atoms with Gasteiger partial charge < -0.3 is 15.0 Å². The number of aliphatic imine (C=N–C) groups is 1. The highest BCUT2D eigenvalue weighted by Gasteiger charge is 2.06. The van der Waals surface area contributed by atoms with Gasteiger partial charge in [-0.3, -0.25) is 4.99 Å². The topological polar surface area (TPSA) is 36.9 Å². The van der Waals surface area contributed by atoms with Gasteiger partial charge in [0.15, 0.2) is 5.96 Å². The number of benzene rings is 1. The molecule has 1 unspecified atom stereocenters. The molecule has 23 heavy (non-hydrogen) atoms. The van der Waals surface area contributed by atoms with E-state index in [-0.39, 0.29) is 30.1 Å². The summed E-state index contributed by atoms with van der Waals surface area (Å²) >= 11 is 0. The Bertz CT molecular complexity index is 426. The van der Waals surface area contributed by atoms with Crippen molar-refractivity contribution in [1.82, 2.24) is 10.2 Å². The monoisotopic (exact) mass is 433 g/mol. The van der Waals surface area contributed by atoms with Crippen LogP contribution in [0.15, 0.2) is 35.3 Å². The number of nitrogens with one attached hydrogen (secondary N) is 1. The lowest BCUT2D eigenvalue weighted by Crippen LogP contribution is -2.40. The normalized spacial score (nSPS) is 12.4. The van der Waals surface area contributed by atoms with Crippen molar-refractivity contribution in [2.45, 2.75) is 39.2 Å². The van der Waals surface area contributed by atoms with Gasteiger partial charge in [0.25, 0.3) is 0 Å². The Balaban J connectivity index is 0.00000484. The van der Waals surface area contributed by atoms with E-state index < -0.39 is 0 Å². The number of ether oxygens (including phenoxy) is 1. The molecule has 0 fully saturated rings. The Labute approximate surface area is 158 Å². The van der Waals surface area contributed by atoms with E-state index in [1.807, 2.05) is 25.2 Å². The zero-order valence-corrected chi connectivity index (χ0v) is 17.2. The van der Waals surface area contributed by atoms with Gasteiger partial charge in [-0.15, -0.1) is 24.0 Å². The fraction of sp³-hybridized carbons (Fsp3) is 0.611. The highest BCUT2D eigenvalue weighted by molar-refractivity contribution is 14.0. The first kappa shape index (κ1) is 22.2. The predicted octanol–water partition coefficient (Wildman–Crippen LogP) is 4.08. The van der Waals surface area contributed by atoms with E-state index in [2.05, 4.69) is 48.2 Å². The van der Waals surface area contributed by atoms with Gasteiger partial charge in [0.2, 0.25) is 0 Å². The van der Waals surface area contributed by atoms with Crippen LogP contribution in [0.3, 0.4) is 0 Å². The van der Waals surface area contributed by atoms with Crippen molar-refractivity contribution in [3.05, 3.63) is 35.9 Å². The maximum Gasteiger partial charge on any atom is 0.193 e. The van der Waals surface area contributed by atoms with E-state index in [1.165, 1.54) is 18.4 Å². The van der Waals surface area contributed by atoms with Crippen molar-refractivity contribution in [2.24, 2.45) is 4.99 Å². The van der Waals surface area contributed by atoms with Crippen LogP contribution < -0.4 is 5.32 Å². The van der Waals surface area contributed by atoms with Gasteiger partial charge in [0, 0.05) is 33.8 Å². The molecule has 0 heterocycles. The van der Waals surface area contributed by atoms with Gasteiger partial charge in [-0.1, -0.05) is 43.7 Å². The first-order chi connectivity index (χ1) is 10.7. The van der Waals surface area contributed by atoms with Gasteiger partial charge >= 0.3 is 0 Å². The van der Waals surface area contributed by atoms with Crippen LogP contribution in [0.2, 0.25) is 0 Å². The van der Waals surface area contributed by atoms with Gasteiger partial charge in [-0.2, -0.15) is 0 Å². The van der Waals surface area contributed by atoms with E-state index in [4.69, 9.17) is 4.74 Å². The first-order valence-corrected chi connectivity index (χ1v) is 8.27. The fourth-order valence-corrected chi connectivity index (χ4v) is 2.24. The molecule has 1 aromatic rings. The molecule has 0 bridgehead atoms. The summed E-state index contributed by atoms with van der Waals surface area (Å²) in [6, 6.07) is 10.3. The summed E-state index contributed by atoms with van der Waals surface area (Å²) in [7, 11) is 3.91. The lowest BCUT2D eigenvalue weighted by Gasteiger charge is -2.22. The molecule has 132 valence electrons. The molecule has 0 aliphatic heterocycles. The second-order valence-electron chi connectivity index (χ2n) is 5.53. The third-order valence-corrected chi connectivity index (χ3v) is 3.66. The van der Waals surface area contributed by atoms with Gasteiger partial charge in [-0.05, 0) is 25.3 Å². The van der Waals surface area contributed by atoms with Crippen molar-refractivity contribution >= 4 is 29.9 Å². The maximum atomic E-state index is 5.88. The first-order valence-electron chi connectivity index (χ1n) is 8.27. The Morgan fingerprint density at radius 2 is 1.96 bits per heavy atom. The van der Waals surface area contributed by atoms with Crippen LogP contribution in [-0.2, 0) is 4.74 Å². The van der Waals surface area contributed by atoms with Gasteiger partial charge in [0.05, 0.1) is 6.10 Å².